The van der Waals surface area contributed by atoms with Gasteiger partial charge in [-0.15, -0.1) is 10.2 Å². The molecule has 3 aromatic rings. The van der Waals surface area contributed by atoms with Gasteiger partial charge in [-0.1, -0.05) is 12.1 Å². The minimum absolute atomic E-state index is 0.106. The topological polar surface area (TPSA) is 84.2 Å². The maximum absolute atomic E-state index is 11.6. The van der Waals surface area contributed by atoms with E-state index < -0.39 is 0 Å². The highest BCUT2D eigenvalue weighted by molar-refractivity contribution is 5.82. The fraction of sp³-hybridized carbons (Fsp3) is 0.444. The van der Waals surface area contributed by atoms with Gasteiger partial charge in [0, 0.05) is 19.0 Å². The molecule has 3 rings (SSSR count). The Kier molecular flexibility index (Phi) is 5.11. The van der Waals surface area contributed by atoms with Crippen molar-refractivity contribution in [2.75, 3.05) is 11.9 Å². The fourth-order valence-corrected chi connectivity index (χ4v) is 2.85. The second-order valence-electron chi connectivity index (χ2n) is 6.46. The van der Waals surface area contributed by atoms with Crippen LogP contribution in [0.5, 0.6) is 0 Å². The maximum Gasteiger partial charge on any atom is 0.220 e. The van der Waals surface area contributed by atoms with Crippen molar-refractivity contribution in [3.8, 4) is 0 Å². The summed E-state index contributed by atoms with van der Waals surface area (Å²) in [6.07, 6.45) is 2.27. The largest absolute Gasteiger partial charge is 0.367 e. The molecule has 0 spiro atoms. The number of hydrogen-bond donors (Lipinski definition) is 2. The lowest BCUT2D eigenvalue weighted by molar-refractivity contribution is -0.121. The molecule has 0 fully saturated rings. The van der Waals surface area contributed by atoms with Gasteiger partial charge in [0.1, 0.15) is 5.82 Å². The van der Waals surface area contributed by atoms with Crippen LogP contribution in [0.25, 0.3) is 16.7 Å². The monoisotopic (exact) mass is 340 g/mol. The number of amides is 1. The molecule has 0 bridgehead atoms. The smallest absolute Gasteiger partial charge is 0.220 e. The Labute approximate surface area is 146 Å². The first kappa shape index (κ1) is 17.1. The zero-order valence-corrected chi connectivity index (χ0v) is 14.9. The quantitative estimate of drug-likeness (QED) is 0.646. The van der Waals surface area contributed by atoms with E-state index in [4.69, 9.17) is 0 Å². The second kappa shape index (κ2) is 7.46. The van der Waals surface area contributed by atoms with E-state index in [9.17, 15) is 4.79 Å². The van der Waals surface area contributed by atoms with Crippen LogP contribution in [0.15, 0.2) is 24.3 Å². The number of nitrogens with zero attached hydrogens (tertiary/aromatic N) is 4. The highest BCUT2D eigenvalue weighted by Crippen LogP contribution is 2.21. The first-order valence-electron chi connectivity index (χ1n) is 8.70. The third-order valence-corrected chi connectivity index (χ3v) is 3.96. The zero-order valence-electron chi connectivity index (χ0n) is 14.9. The third kappa shape index (κ3) is 3.87. The molecule has 2 N–H and O–H groups in total. The van der Waals surface area contributed by atoms with Gasteiger partial charge in [-0.05, 0) is 45.7 Å². The van der Waals surface area contributed by atoms with Crippen molar-refractivity contribution in [2.45, 2.75) is 46.1 Å². The van der Waals surface area contributed by atoms with E-state index in [1.54, 1.807) is 0 Å². The van der Waals surface area contributed by atoms with Crippen LogP contribution in [0.3, 0.4) is 0 Å². The molecule has 0 aliphatic carbocycles. The van der Waals surface area contributed by atoms with E-state index in [-0.39, 0.29) is 11.9 Å². The second-order valence-corrected chi connectivity index (χ2v) is 6.46. The normalized spacial score (nSPS) is 11.4. The number of anilines is 1. The van der Waals surface area contributed by atoms with Crippen molar-refractivity contribution in [1.29, 1.82) is 0 Å². The number of rotatable bonds is 7. The lowest BCUT2D eigenvalue weighted by Crippen LogP contribution is -2.29. The molecule has 2 heterocycles. The number of carbonyl (C=O) groups excluding carboxylic acids is 1. The Hall–Kier alpha value is -2.70. The molecule has 0 atom stereocenters. The Bertz CT molecular complexity index is 886. The van der Waals surface area contributed by atoms with Crippen LogP contribution in [0.4, 0.5) is 5.82 Å². The van der Waals surface area contributed by atoms with Crippen LogP contribution in [0, 0.1) is 6.92 Å². The van der Waals surface area contributed by atoms with E-state index in [2.05, 4.69) is 25.8 Å². The standard InChI is InChI=1S/C18H24N6O/c1-12(2)20-16(25)10-6-7-11-19-17-18-23-22-13(3)24(18)15-9-5-4-8-14(15)21-17/h4-5,8-9,12H,6-7,10-11H2,1-3H3,(H,19,21)(H,20,25). The van der Waals surface area contributed by atoms with Gasteiger partial charge in [-0.3, -0.25) is 9.20 Å². The number of fused-ring (bicyclic) bond motifs is 3. The number of unbranched alkanes of at least 4 members (excludes halogenated alkanes) is 1. The Morgan fingerprint density at radius 2 is 2.00 bits per heavy atom. The van der Waals surface area contributed by atoms with E-state index >= 15 is 0 Å². The van der Waals surface area contributed by atoms with Crippen molar-refractivity contribution in [3.63, 3.8) is 0 Å². The summed E-state index contributed by atoms with van der Waals surface area (Å²) in [5.41, 5.74) is 2.63. The van der Waals surface area contributed by atoms with E-state index in [0.717, 1.165) is 47.7 Å². The van der Waals surface area contributed by atoms with Gasteiger partial charge in [-0.25, -0.2) is 4.98 Å². The van der Waals surface area contributed by atoms with E-state index in [1.807, 2.05) is 49.4 Å². The van der Waals surface area contributed by atoms with Crippen molar-refractivity contribution in [1.82, 2.24) is 24.9 Å². The Morgan fingerprint density at radius 1 is 1.20 bits per heavy atom. The van der Waals surface area contributed by atoms with Gasteiger partial charge in [0.2, 0.25) is 11.6 Å². The zero-order chi connectivity index (χ0) is 17.8. The van der Waals surface area contributed by atoms with Crippen LogP contribution >= 0.6 is 0 Å². The van der Waals surface area contributed by atoms with Crippen LogP contribution < -0.4 is 10.6 Å². The molecule has 2 aromatic heterocycles. The highest BCUT2D eigenvalue weighted by Gasteiger charge is 2.12. The molecule has 0 radical (unpaired) electrons. The lowest BCUT2D eigenvalue weighted by Gasteiger charge is -2.10. The van der Waals surface area contributed by atoms with Crippen LogP contribution in [0.2, 0.25) is 0 Å². The molecule has 25 heavy (non-hydrogen) atoms. The molecular formula is C18H24N6O. The number of carbonyl (C=O) groups is 1. The van der Waals surface area contributed by atoms with Gasteiger partial charge in [0.25, 0.3) is 0 Å². The molecular weight excluding hydrogens is 316 g/mol. The highest BCUT2D eigenvalue weighted by atomic mass is 16.1. The van der Waals surface area contributed by atoms with Gasteiger partial charge < -0.3 is 10.6 Å². The molecule has 0 aliphatic rings. The van der Waals surface area contributed by atoms with Crippen molar-refractivity contribution >= 4 is 28.4 Å². The molecule has 0 saturated carbocycles. The van der Waals surface area contributed by atoms with Crippen molar-refractivity contribution < 1.29 is 4.79 Å². The summed E-state index contributed by atoms with van der Waals surface area (Å²) < 4.78 is 2.01. The van der Waals surface area contributed by atoms with Gasteiger partial charge in [-0.2, -0.15) is 0 Å². The summed E-state index contributed by atoms with van der Waals surface area (Å²) in [5.74, 6) is 1.67. The van der Waals surface area contributed by atoms with Gasteiger partial charge in [0.15, 0.2) is 5.82 Å². The molecule has 1 amide bonds. The van der Waals surface area contributed by atoms with Crippen molar-refractivity contribution in [3.05, 3.63) is 30.1 Å². The SMILES string of the molecule is Cc1nnc2c(NCCCCC(=O)NC(C)C)nc3ccccc3n12. The molecule has 0 unspecified atom stereocenters. The predicted octanol–water partition coefficient (Wildman–Crippen LogP) is 2.69. The number of benzene rings is 1. The molecule has 1 aromatic carbocycles. The number of nitrogens with one attached hydrogen (secondary N) is 2. The van der Waals surface area contributed by atoms with Gasteiger partial charge in [0.05, 0.1) is 11.0 Å². The number of aryl methyl sites for hydroxylation is 1. The predicted molar refractivity (Wildman–Crippen MR) is 98.6 cm³/mol. The minimum Gasteiger partial charge on any atom is -0.367 e. The van der Waals surface area contributed by atoms with Gasteiger partial charge >= 0.3 is 0 Å². The third-order valence-electron chi connectivity index (χ3n) is 3.96. The average Bonchev–Trinajstić information content (AvgIpc) is 2.96. The molecule has 132 valence electrons. The Morgan fingerprint density at radius 3 is 2.80 bits per heavy atom. The molecule has 7 nitrogen and oxygen atoms in total. The summed E-state index contributed by atoms with van der Waals surface area (Å²) in [6, 6.07) is 8.14. The Balaban J connectivity index is 1.66. The van der Waals surface area contributed by atoms with E-state index in [1.165, 1.54) is 0 Å². The number of para-hydroxylation sites is 2. The first-order chi connectivity index (χ1) is 12.1. The fourth-order valence-electron chi connectivity index (χ4n) is 2.85. The number of hydrogen-bond acceptors (Lipinski definition) is 5. The summed E-state index contributed by atoms with van der Waals surface area (Å²) in [4.78, 5) is 16.3. The molecule has 7 heteroatoms. The minimum atomic E-state index is 0.106. The summed E-state index contributed by atoms with van der Waals surface area (Å²) in [6.45, 7) is 6.61. The summed E-state index contributed by atoms with van der Waals surface area (Å²) in [7, 11) is 0. The summed E-state index contributed by atoms with van der Waals surface area (Å²) >= 11 is 0. The van der Waals surface area contributed by atoms with Crippen LogP contribution in [-0.4, -0.2) is 38.1 Å². The van der Waals surface area contributed by atoms with Crippen LogP contribution in [0.1, 0.15) is 38.9 Å². The summed E-state index contributed by atoms with van der Waals surface area (Å²) in [5, 5.41) is 14.7. The molecule has 0 saturated heterocycles. The van der Waals surface area contributed by atoms with E-state index in [0.29, 0.717) is 6.42 Å². The van der Waals surface area contributed by atoms with Crippen molar-refractivity contribution in [2.24, 2.45) is 0 Å². The average molecular weight is 340 g/mol. The maximum atomic E-state index is 11.6. The first-order valence-corrected chi connectivity index (χ1v) is 8.70. The van der Waals surface area contributed by atoms with Crippen LogP contribution in [-0.2, 0) is 4.79 Å². The number of aromatic nitrogens is 4. The lowest BCUT2D eigenvalue weighted by atomic mass is 10.2. The molecule has 0 aliphatic heterocycles.